The van der Waals surface area contributed by atoms with Gasteiger partial charge in [0, 0.05) is 25.4 Å². The van der Waals surface area contributed by atoms with Gasteiger partial charge in [-0.2, -0.15) is 0 Å². The Labute approximate surface area is 108 Å². The van der Waals surface area contributed by atoms with Crippen molar-refractivity contribution in [3.63, 3.8) is 0 Å². The summed E-state index contributed by atoms with van der Waals surface area (Å²) in [6.45, 7) is 2.69. The molecule has 0 amide bonds. The van der Waals surface area contributed by atoms with Crippen molar-refractivity contribution in [3.8, 4) is 0 Å². The molecule has 3 nitrogen and oxygen atoms in total. The Bertz CT molecular complexity index is 350. The van der Waals surface area contributed by atoms with E-state index in [1.807, 2.05) is 30.3 Å². The maximum atomic E-state index is 5.33. The molecule has 0 atom stereocenters. The fourth-order valence-electron chi connectivity index (χ4n) is 1.88. The quantitative estimate of drug-likeness (QED) is 0.807. The predicted molar refractivity (Wildman–Crippen MR) is 74.2 cm³/mol. The molecule has 2 rings (SSSR count). The zero-order valence-electron chi connectivity index (χ0n) is 9.82. The Morgan fingerprint density at radius 3 is 2.65 bits per heavy atom. The lowest BCUT2D eigenvalue weighted by Gasteiger charge is -2.23. The molecule has 0 unspecified atom stereocenters. The van der Waals surface area contributed by atoms with Crippen LogP contribution in [0.2, 0.25) is 0 Å². The van der Waals surface area contributed by atoms with Crippen LogP contribution in [-0.4, -0.2) is 24.9 Å². The topological polar surface area (TPSA) is 33.3 Å². The first-order valence-electron chi connectivity index (χ1n) is 6.02. The maximum absolute atomic E-state index is 5.33. The molecular weight excluding hydrogens is 232 g/mol. The molecule has 0 aromatic heterocycles. The third kappa shape index (κ3) is 4.32. The van der Waals surface area contributed by atoms with Gasteiger partial charge in [0.15, 0.2) is 5.11 Å². The van der Waals surface area contributed by atoms with Gasteiger partial charge in [0.05, 0.1) is 0 Å². The lowest BCUT2D eigenvalue weighted by Crippen LogP contribution is -2.34. The Morgan fingerprint density at radius 2 is 1.94 bits per heavy atom. The molecule has 0 aliphatic carbocycles. The van der Waals surface area contributed by atoms with Crippen molar-refractivity contribution >= 4 is 23.0 Å². The van der Waals surface area contributed by atoms with E-state index in [0.717, 1.165) is 38.3 Å². The summed E-state index contributed by atoms with van der Waals surface area (Å²) >= 11 is 5.25. The Morgan fingerprint density at radius 1 is 1.24 bits per heavy atom. The SMILES string of the molecule is S=C(NCC1CCOCC1)Nc1ccccc1. The number of thiocarbonyl (C=S) groups is 1. The summed E-state index contributed by atoms with van der Waals surface area (Å²) in [7, 11) is 0. The lowest BCUT2D eigenvalue weighted by atomic mass is 10.0. The molecule has 1 heterocycles. The Balaban J connectivity index is 1.70. The van der Waals surface area contributed by atoms with E-state index < -0.39 is 0 Å². The Hall–Kier alpha value is -1.13. The van der Waals surface area contributed by atoms with E-state index >= 15 is 0 Å². The third-order valence-electron chi connectivity index (χ3n) is 2.92. The van der Waals surface area contributed by atoms with Crippen molar-refractivity contribution in [2.24, 2.45) is 5.92 Å². The van der Waals surface area contributed by atoms with Gasteiger partial charge in [-0.15, -0.1) is 0 Å². The standard InChI is InChI=1S/C13H18N2OS/c17-13(15-12-4-2-1-3-5-12)14-10-11-6-8-16-9-7-11/h1-5,11H,6-10H2,(H2,14,15,17). The lowest BCUT2D eigenvalue weighted by molar-refractivity contribution is 0.0676. The first kappa shape index (κ1) is 12.3. The summed E-state index contributed by atoms with van der Waals surface area (Å²) in [5, 5.41) is 7.13. The van der Waals surface area contributed by atoms with E-state index in [9.17, 15) is 0 Å². The van der Waals surface area contributed by atoms with Gasteiger partial charge in [0.2, 0.25) is 0 Å². The first-order valence-corrected chi connectivity index (χ1v) is 6.43. The van der Waals surface area contributed by atoms with E-state index in [2.05, 4.69) is 10.6 Å². The van der Waals surface area contributed by atoms with Crippen LogP contribution in [0.1, 0.15) is 12.8 Å². The molecule has 0 bridgehead atoms. The number of hydrogen-bond acceptors (Lipinski definition) is 2. The summed E-state index contributed by atoms with van der Waals surface area (Å²) in [6.07, 6.45) is 2.25. The molecule has 1 saturated heterocycles. The third-order valence-corrected chi connectivity index (χ3v) is 3.17. The summed E-state index contributed by atoms with van der Waals surface area (Å²) in [6, 6.07) is 9.97. The summed E-state index contributed by atoms with van der Waals surface area (Å²) < 4.78 is 5.33. The van der Waals surface area contributed by atoms with Crippen LogP contribution in [0.3, 0.4) is 0 Å². The van der Waals surface area contributed by atoms with Crippen LogP contribution in [0.15, 0.2) is 30.3 Å². The van der Waals surface area contributed by atoms with Crippen LogP contribution in [0.5, 0.6) is 0 Å². The van der Waals surface area contributed by atoms with E-state index in [1.54, 1.807) is 0 Å². The molecule has 4 heteroatoms. The summed E-state index contributed by atoms with van der Waals surface area (Å²) in [5.41, 5.74) is 1.02. The highest BCUT2D eigenvalue weighted by atomic mass is 32.1. The van der Waals surface area contributed by atoms with Crippen molar-refractivity contribution in [1.29, 1.82) is 0 Å². The number of nitrogens with one attached hydrogen (secondary N) is 2. The van der Waals surface area contributed by atoms with Crippen LogP contribution in [0.4, 0.5) is 5.69 Å². The van der Waals surface area contributed by atoms with Gasteiger partial charge in [-0.25, -0.2) is 0 Å². The van der Waals surface area contributed by atoms with Crippen LogP contribution in [0.25, 0.3) is 0 Å². The van der Waals surface area contributed by atoms with E-state index in [-0.39, 0.29) is 0 Å². The highest BCUT2D eigenvalue weighted by Gasteiger charge is 2.13. The molecule has 1 aromatic carbocycles. The van der Waals surface area contributed by atoms with E-state index in [4.69, 9.17) is 17.0 Å². The number of rotatable bonds is 3. The molecule has 1 aliphatic rings. The molecule has 92 valence electrons. The van der Waals surface area contributed by atoms with Crippen molar-refractivity contribution in [2.45, 2.75) is 12.8 Å². The van der Waals surface area contributed by atoms with Gasteiger partial charge in [-0.05, 0) is 43.1 Å². The number of hydrogen-bond donors (Lipinski definition) is 2. The summed E-state index contributed by atoms with van der Waals surface area (Å²) in [5.74, 6) is 0.680. The van der Waals surface area contributed by atoms with Crippen molar-refractivity contribution in [2.75, 3.05) is 25.1 Å². The molecular formula is C13H18N2OS. The van der Waals surface area contributed by atoms with Crippen molar-refractivity contribution in [1.82, 2.24) is 5.32 Å². The predicted octanol–water partition coefficient (Wildman–Crippen LogP) is 2.40. The highest BCUT2D eigenvalue weighted by Crippen LogP contribution is 2.13. The molecule has 0 spiro atoms. The molecule has 1 fully saturated rings. The molecule has 2 N–H and O–H groups in total. The second kappa shape index (κ2) is 6.57. The van der Waals surface area contributed by atoms with Crippen molar-refractivity contribution < 1.29 is 4.74 Å². The molecule has 1 aromatic rings. The van der Waals surface area contributed by atoms with Crippen LogP contribution in [-0.2, 0) is 4.74 Å². The molecule has 1 aliphatic heterocycles. The Kier molecular flexibility index (Phi) is 4.76. The van der Waals surface area contributed by atoms with Crippen LogP contribution in [0, 0.1) is 5.92 Å². The molecule has 17 heavy (non-hydrogen) atoms. The van der Waals surface area contributed by atoms with Gasteiger partial charge < -0.3 is 15.4 Å². The molecule has 0 radical (unpaired) electrons. The van der Waals surface area contributed by atoms with Gasteiger partial charge >= 0.3 is 0 Å². The smallest absolute Gasteiger partial charge is 0.170 e. The minimum atomic E-state index is 0.680. The maximum Gasteiger partial charge on any atom is 0.170 e. The van der Waals surface area contributed by atoms with Gasteiger partial charge in [0.1, 0.15) is 0 Å². The zero-order valence-corrected chi connectivity index (χ0v) is 10.6. The number of benzene rings is 1. The average molecular weight is 250 g/mol. The fraction of sp³-hybridized carbons (Fsp3) is 0.462. The number of ether oxygens (including phenoxy) is 1. The van der Waals surface area contributed by atoms with Gasteiger partial charge in [-0.1, -0.05) is 18.2 Å². The second-order valence-electron chi connectivity index (χ2n) is 4.26. The van der Waals surface area contributed by atoms with E-state index in [0.29, 0.717) is 11.0 Å². The first-order chi connectivity index (χ1) is 8.34. The highest BCUT2D eigenvalue weighted by molar-refractivity contribution is 7.80. The van der Waals surface area contributed by atoms with Gasteiger partial charge in [-0.3, -0.25) is 0 Å². The van der Waals surface area contributed by atoms with Crippen LogP contribution < -0.4 is 10.6 Å². The summed E-state index contributed by atoms with van der Waals surface area (Å²) in [4.78, 5) is 0. The minimum absolute atomic E-state index is 0.680. The zero-order chi connectivity index (χ0) is 11.9. The fourth-order valence-corrected chi connectivity index (χ4v) is 2.09. The van der Waals surface area contributed by atoms with Crippen molar-refractivity contribution in [3.05, 3.63) is 30.3 Å². The van der Waals surface area contributed by atoms with Crippen LogP contribution >= 0.6 is 12.2 Å². The largest absolute Gasteiger partial charge is 0.381 e. The number of para-hydroxylation sites is 1. The normalized spacial score (nSPS) is 16.5. The van der Waals surface area contributed by atoms with E-state index in [1.165, 1.54) is 0 Å². The monoisotopic (exact) mass is 250 g/mol. The molecule has 0 saturated carbocycles. The second-order valence-corrected chi connectivity index (χ2v) is 4.67. The minimum Gasteiger partial charge on any atom is -0.381 e. The van der Waals surface area contributed by atoms with Gasteiger partial charge in [0.25, 0.3) is 0 Å². The average Bonchev–Trinajstić information content (AvgIpc) is 2.39. The number of anilines is 1.